The Morgan fingerprint density at radius 3 is 2.43 bits per heavy atom. The monoisotopic (exact) mass is 601 g/mol. The highest BCUT2D eigenvalue weighted by Gasteiger charge is 2.52. The minimum absolute atomic E-state index is 0.0136. The molecule has 4 heterocycles. The van der Waals surface area contributed by atoms with E-state index in [1.54, 1.807) is 24.0 Å². The second-order valence-electron chi connectivity index (χ2n) is 13.1. The molecule has 1 saturated carbocycles. The number of carbonyl (C=O) groups is 4. The Kier molecular flexibility index (Phi) is 7.96. The predicted octanol–water partition coefficient (Wildman–Crippen LogP) is 5.54. The number of hydrogen-bond donors (Lipinski definition) is 0. The summed E-state index contributed by atoms with van der Waals surface area (Å²) in [6.45, 7) is 4.53. The van der Waals surface area contributed by atoms with Gasteiger partial charge in [0.25, 0.3) is 0 Å². The summed E-state index contributed by atoms with van der Waals surface area (Å²) in [4.78, 5) is 63.0. The minimum atomic E-state index is -1.81. The number of halogens is 1. The Morgan fingerprint density at radius 1 is 1.00 bits per heavy atom. The van der Waals surface area contributed by atoms with Gasteiger partial charge in [0, 0.05) is 54.9 Å². The Morgan fingerprint density at radius 2 is 1.75 bits per heavy atom. The molecule has 0 N–H and O–H groups in total. The first kappa shape index (κ1) is 30.2. The SMILES string of the molecule is CCC(=O)[C@@H]1C[C@]2(F)CCC(=O)C3(CCCCCc4cc(-c5cnc(C)nc5)cc5c(C(C)=O)nn(c45)CC(=O)N1C2)CC3. The van der Waals surface area contributed by atoms with Gasteiger partial charge in [-0.2, -0.15) is 5.10 Å². The van der Waals surface area contributed by atoms with Crippen molar-refractivity contribution < 1.29 is 23.6 Å². The zero-order valence-corrected chi connectivity index (χ0v) is 25.8. The lowest BCUT2D eigenvalue weighted by molar-refractivity contribution is -0.138. The van der Waals surface area contributed by atoms with Gasteiger partial charge in [-0.3, -0.25) is 23.9 Å². The highest BCUT2D eigenvalue weighted by Crippen LogP contribution is 2.52. The number of hydrogen-bond acceptors (Lipinski definition) is 7. The van der Waals surface area contributed by atoms with E-state index in [1.165, 1.54) is 11.8 Å². The van der Waals surface area contributed by atoms with E-state index in [-0.39, 0.29) is 67.2 Å². The molecular formula is C34H40FN5O4. The number of amides is 1. The first-order chi connectivity index (χ1) is 21.0. The zero-order valence-electron chi connectivity index (χ0n) is 25.8. The largest absolute Gasteiger partial charge is 0.328 e. The number of nitrogens with zero attached hydrogens (tertiary/aromatic N) is 5. The summed E-state index contributed by atoms with van der Waals surface area (Å²) >= 11 is 0. The van der Waals surface area contributed by atoms with Crippen LogP contribution in [-0.4, -0.2) is 66.2 Å². The van der Waals surface area contributed by atoms with Crippen LogP contribution < -0.4 is 0 Å². The average Bonchev–Trinajstić information content (AvgIpc) is 3.58. The first-order valence-corrected chi connectivity index (χ1v) is 15.9. The van der Waals surface area contributed by atoms with Gasteiger partial charge in [0.1, 0.15) is 29.5 Å². The second kappa shape index (κ2) is 11.6. The summed E-state index contributed by atoms with van der Waals surface area (Å²) in [6, 6.07) is 3.06. The molecule has 1 aromatic carbocycles. The molecule has 2 fully saturated rings. The lowest BCUT2D eigenvalue weighted by Crippen LogP contribution is -2.42. The smallest absolute Gasteiger partial charge is 0.245 e. The quantitative estimate of drug-likeness (QED) is 0.361. The molecule has 3 aromatic rings. The van der Waals surface area contributed by atoms with Crippen LogP contribution in [0, 0.1) is 12.3 Å². The number of Topliss-reactive ketones (excluding diaryl/α,β-unsaturated/α-hetero) is 3. The maximum atomic E-state index is 16.3. The molecule has 0 radical (unpaired) electrons. The van der Waals surface area contributed by atoms with Crippen LogP contribution in [0.5, 0.6) is 0 Å². The predicted molar refractivity (Wildman–Crippen MR) is 163 cm³/mol. The number of aryl methyl sites for hydroxylation is 2. The van der Waals surface area contributed by atoms with E-state index in [2.05, 4.69) is 21.1 Å². The highest BCUT2D eigenvalue weighted by molar-refractivity contribution is 6.07. The van der Waals surface area contributed by atoms with Crippen LogP contribution in [0.25, 0.3) is 22.0 Å². The molecule has 9 nitrogen and oxygen atoms in total. The summed E-state index contributed by atoms with van der Waals surface area (Å²) in [7, 11) is 0. The van der Waals surface area contributed by atoms with Gasteiger partial charge in [-0.15, -0.1) is 0 Å². The molecule has 3 aliphatic rings. The van der Waals surface area contributed by atoms with Crippen molar-refractivity contribution >= 4 is 34.2 Å². The van der Waals surface area contributed by atoms with Crippen LogP contribution in [-0.2, 0) is 27.3 Å². The van der Waals surface area contributed by atoms with E-state index >= 15 is 4.39 Å². The van der Waals surface area contributed by atoms with Gasteiger partial charge in [-0.05, 0) is 68.7 Å². The van der Waals surface area contributed by atoms with Crippen LogP contribution in [0.3, 0.4) is 0 Å². The highest BCUT2D eigenvalue weighted by atomic mass is 19.1. The van der Waals surface area contributed by atoms with Gasteiger partial charge in [-0.25, -0.2) is 14.4 Å². The van der Waals surface area contributed by atoms with Crippen LogP contribution in [0.2, 0.25) is 0 Å². The molecule has 6 rings (SSSR count). The molecule has 2 aliphatic heterocycles. The lowest BCUT2D eigenvalue weighted by atomic mass is 9.86. The molecule has 44 heavy (non-hydrogen) atoms. The van der Waals surface area contributed by atoms with Crippen molar-refractivity contribution in [2.24, 2.45) is 5.41 Å². The van der Waals surface area contributed by atoms with Crippen LogP contribution >= 0.6 is 0 Å². The Labute approximate surface area is 256 Å². The zero-order chi connectivity index (χ0) is 31.2. The maximum absolute atomic E-state index is 16.3. The van der Waals surface area contributed by atoms with Crippen molar-refractivity contribution in [1.82, 2.24) is 24.6 Å². The normalized spacial score (nSPS) is 24.1. The summed E-state index contributed by atoms with van der Waals surface area (Å²) in [5, 5.41) is 5.27. The molecule has 2 bridgehead atoms. The van der Waals surface area contributed by atoms with Gasteiger partial charge in [0.2, 0.25) is 5.91 Å². The number of aromatic nitrogens is 4. The summed E-state index contributed by atoms with van der Waals surface area (Å²) in [5.41, 5.74) is 1.40. The molecule has 232 valence electrons. The van der Waals surface area contributed by atoms with E-state index in [4.69, 9.17) is 0 Å². The van der Waals surface area contributed by atoms with Gasteiger partial charge >= 0.3 is 0 Å². The third-order valence-corrected chi connectivity index (χ3v) is 9.93. The van der Waals surface area contributed by atoms with Crippen molar-refractivity contribution in [2.45, 2.75) is 110 Å². The summed E-state index contributed by atoms with van der Waals surface area (Å²) in [5.74, 6) is -0.0758. The molecule has 2 aromatic heterocycles. The van der Waals surface area contributed by atoms with Crippen LogP contribution in [0.1, 0.15) is 99.9 Å². The van der Waals surface area contributed by atoms with Crippen molar-refractivity contribution in [3.05, 3.63) is 41.6 Å². The van der Waals surface area contributed by atoms with Crippen molar-refractivity contribution in [2.75, 3.05) is 6.54 Å². The Balaban J connectivity index is 1.44. The van der Waals surface area contributed by atoms with E-state index in [9.17, 15) is 19.2 Å². The number of ketones is 3. The van der Waals surface area contributed by atoms with E-state index < -0.39 is 17.6 Å². The number of fused-ring (bicyclic) bond motifs is 2. The third-order valence-electron chi connectivity index (χ3n) is 9.93. The van der Waals surface area contributed by atoms with Crippen molar-refractivity contribution in [3.63, 3.8) is 0 Å². The van der Waals surface area contributed by atoms with E-state index in [0.717, 1.165) is 55.2 Å². The van der Waals surface area contributed by atoms with Crippen molar-refractivity contribution in [1.29, 1.82) is 0 Å². The van der Waals surface area contributed by atoms with E-state index in [1.807, 2.05) is 13.0 Å². The van der Waals surface area contributed by atoms with Gasteiger partial charge in [0.15, 0.2) is 11.6 Å². The maximum Gasteiger partial charge on any atom is 0.245 e. The average molecular weight is 602 g/mol. The molecule has 1 saturated heterocycles. The fraction of sp³-hybridized carbons (Fsp3) is 0.559. The standard InChI is InChI=1S/C34H40FN5O4/c1-4-28(42)27-16-34(35)11-9-29(43)33(12-13-33)10-7-5-6-8-23-14-24(25-17-36-22(3)37-18-25)15-26-31(21(2)41)38-40(32(23)26)19-30(44)39(27)20-34/h14-15,17-18,27H,4-13,16,19-20H2,1-3H3/t27-,34+/m0/s1. The first-order valence-electron chi connectivity index (χ1n) is 15.9. The van der Waals surface area contributed by atoms with Crippen LogP contribution in [0.4, 0.5) is 4.39 Å². The van der Waals surface area contributed by atoms with Gasteiger partial charge in [-0.1, -0.05) is 19.8 Å². The topological polar surface area (TPSA) is 115 Å². The number of alkyl halides is 1. The van der Waals surface area contributed by atoms with Gasteiger partial charge < -0.3 is 4.90 Å². The summed E-state index contributed by atoms with van der Waals surface area (Å²) in [6.07, 6.45) is 9.59. The van der Waals surface area contributed by atoms with Crippen LogP contribution in [0.15, 0.2) is 24.5 Å². The Bertz CT molecular complexity index is 1640. The third kappa shape index (κ3) is 5.71. The molecule has 0 unspecified atom stereocenters. The fourth-order valence-electron chi connectivity index (χ4n) is 7.18. The molecule has 1 spiro atoms. The second-order valence-corrected chi connectivity index (χ2v) is 13.1. The van der Waals surface area contributed by atoms with E-state index in [0.29, 0.717) is 23.1 Å². The lowest BCUT2D eigenvalue weighted by Gasteiger charge is -2.24. The summed E-state index contributed by atoms with van der Waals surface area (Å²) < 4.78 is 17.9. The van der Waals surface area contributed by atoms with Gasteiger partial charge in [0.05, 0.1) is 18.1 Å². The molecule has 1 aliphatic carbocycles. The fourth-order valence-corrected chi connectivity index (χ4v) is 7.18. The number of carbonyl (C=O) groups excluding carboxylic acids is 4. The molecular weight excluding hydrogens is 561 g/mol. The minimum Gasteiger partial charge on any atom is -0.328 e. The molecule has 2 atom stereocenters. The van der Waals surface area contributed by atoms with Crippen molar-refractivity contribution in [3.8, 4) is 11.1 Å². The number of benzene rings is 1. The molecule has 1 amide bonds. The number of rotatable bonds is 4. The Hall–Kier alpha value is -3.82. The molecule has 10 heteroatoms.